The number of carbonyl (C=O) groups is 4. The second-order valence-corrected chi connectivity index (χ2v) is 5.53. The molecule has 0 N–H and O–H groups in total. The molecule has 2 aromatic rings. The standard InChI is InChI=1S/C16H7Cl2NO4/c17-13(20)10-5-11(14(18)21)7-12(6-10)19-15(22)8-2-1-3-9(4-8)16(19)23/h1-7H. The maximum atomic E-state index is 12.4. The van der Waals surface area contributed by atoms with Gasteiger partial charge in [0.25, 0.3) is 22.3 Å². The number of imide groups is 1. The molecule has 0 saturated heterocycles. The zero-order chi connectivity index (χ0) is 16.7. The maximum Gasteiger partial charge on any atom is 0.265 e. The van der Waals surface area contributed by atoms with Gasteiger partial charge in [-0.05, 0) is 59.6 Å². The van der Waals surface area contributed by atoms with E-state index in [1.165, 1.54) is 24.3 Å². The van der Waals surface area contributed by atoms with Crippen LogP contribution in [0.4, 0.5) is 5.69 Å². The van der Waals surface area contributed by atoms with Gasteiger partial charge in [0.2, 0.25) is 0 Å². The second kappa shape index (κ2) is 5.61. The van der Waals surface area contributed by atoms with Gasteiger partial charge in [-0.2, -0.15) is 0 Å². The van der Waals surface area contributed by atoms with Gasteiger partial charge in [-0.3, -0.25) is 19.2 Å². The summed E-state index contributed by atoms with van der Waals surface area (Å²) in [5.41, 5.74) is 0.625. The van der Waals surface area contributed by atoms with Crippen LogP contribution in [0.25, 0.3) is 0 Å². The Morgan fingerprint density at radius 1 is 0.783 bits per heavy atom. The van der Waals surface area contributed by atoms with Crippen molar-refractivity contribution in [3.8, 4) is 0 Å². The molecule has 0 unspecified atom stereocenters. The highest BCUT2D eigenvalue weighted by Crippen LogP contribution is 2.28. The number of hydrogen-bond acceptors (Lipinski definition) is 4. The smallest absolute Gasteiger partial charge is 0.265 e. The Kier molecular flexibility index (Phi) is 3.75. The number of amides is 2. The van der Waals surface area contributed by atoms with Crippen LogP contribution < -0.4 is 4.90 Å². The molecule has 1 aliphatic rings. The molecule has 23 heavy (non-hydrogen) atoms. The molecule has 1 aliphatic heterocycles. The van der Waals surface area contributed by atoms with Crippen molar-refractivity contribution in [1.82, 2.24) is 0 Å². The number of benzene rings is 2. The predicted octanol–water partition coefficient (Wildman–Crippen LogP) is 3.25. The Balaban J connectivity index is 2.18. The number of nitrogens with zero attached hydrogens (tertiary/aromatic N) is 1. The number of anilines is 1. The summed E-state index contributed by atoms with van der Waals surface area (Å²) in [5, 5.41) is -1.66. The highest BCUT2D eigenvalue weighted by Gasteiger charge is 2.31. The van der Waals surface area contributed by atoms with Gasteiger partial charge >= 0.3 is 0 Å². The molecule has 1 heterocycles. The summed E-state index contributed by atoms with van der Waals surface area (Å²) in [5.74, 6) is -1.12. The van der Waals surface area contributed by atoms with E-state index in [4.69, 9.17) is 23.2 Å². The molecule has 0 saturated carbocycles. The number of rotatable bonds is 3. The number of carbonyl (C=O) groups excluding carboxylic acids is 4. The lowest BCUT2D eigenvalue weighted by molar-refractivity contribution is 0.0887. The average molecular weight is 348 g/mol. The molecule has 2 bridgehead atoms. The Labute approximate surface area is 140 Å². The largest absolute Gasteiger partial charge is 0.276 e. The number of halogens is 2. The molecule has 0 spiro atoms. The summed E-state index contributed by atoms with van der Waals surface area (Å²) < 4.78 is 0. The van der Waals surface area contributed by atoms with Crippen molar-refractivity contribution in [2.75, 3.05) is 4.90 Å². The summed E-state index contributed by atoms with van der Waals surface area (Å²) in [4.78, 5) is 48.6. The van der Waals surface area contributed by atoms with Gasteiger partial charge in [0, 0.05) is 22.3 Å². The van der Waals surface area contributed by atoms with Crippen molar-refractivity contribution < 1.29 is 19.2 Å². The van der Waals surface area contributed by atoms with Crippen LogP contribution >= 0.6 is 23.2 Å². The fourth-order valence-electron chi connectivity index (χ4n) is 2.34. The first kappa shape index (κ1) is 15.4. The second-order valence-electron chi connectivity index (χ2n) is 4.84. The van der Waals surface area contributed by atoms with E-state index in [1.807, 2.05) is 0 Å². The average Bonchev–Trinajstić information content (AvgIpc) is 2.53. The van der Waals surface area contributed by atoms with Crippen molar-refractivity contribution in [1.29, 1.82) is 0 Å². The van der Waals surface area contributed by atoms with E-state index in [0.717, 1.165) is 4.90 Å². The third-order valence-corrected chi connectivity index (χ3v) is 3.83. The molecular weight excluding hydrogens is 341 g/mol. The molecule has 0 aliphatic carbocycles. The lowest BCUT2D eigenvalue weighted by Gasteiger charge is -2.25. The van der Waals surface area contributed by atoms with Crippen molar-refractivity contribution in [2.45, 2.75) is 0 Å². The zero-order valence-electron chi connectivity index (χ0n) is 11.4. The molecular formula is C16H7Cl2NO4. The number of hydrogen-bond donors (Lipinski definition) is 0. The summed E-state index contributed by atoms with van der Waals surface area (Å²) >= 11 is 10.9. The van der Waals surface area contributed by atoms with Crippen molar-refractivity contribution in [2.24, 2.45) is 0 Å². The quantitative estimate of drug-likeness (QED) is 0.631. The van der Waals surface area contributed by atoms with E-state index >= 15 is 0 Å². The van der Waals surface area contributed by atoms with Gasteiger partial charge in [0.1, 0.15) is 0 Å². The van der Waals surface area contributed by atoms with E-state index in [9.17, 15) is 19.2 Å². The van der Waals surface area contributed by atoms with Crippen molar-refractivity contribution in [3.05, 3.63) is 64.7 Å². The van der Waals surface area contributed by atoms with Gasteiger partial charge in [0.15, 0.2) is 0 Å². The third-order valence-electron chi connectivity index (χ3n) is 3.39. The molecule has 2 aromatic carbocycles. The van der Waals surface area contributed by atoms with Gasteiger partial charge in [-0.25, -0.2) is 4.90 Å². The van der Waals surface area contributed by atoms with E-state index in [-0.39, 0.29) is 16.8 Å². The highest BCUT2D eigenvalue weighted by atomic mass is 35.5. The van der Waals surface area contributed by atoms with Crippen molar-refractivity contribution >= 4 is 51.2 Å². The highest BCUT2D eigenvalue weighted by molar-refractivity contribution is 6.69. The Morgan fingerprint density at radius 2 is 1.26 bits per heavy atom. The minimum atomic E-state index is -0.832. The van der Waals surface area contributed by atoms with Crippen LogP contribution in [0.2, 0.25) is 0 Å². The van der Waals surface area contributed by atoms with E-state index < -0.39 is 22.3 Å². The molecule has 0 radical (unpaired) electrons. The Bertz CT molecular complexity index is 828. The summed E-state index contributed by atoms with van der Waals surface area (Å²) in [7, 11) is 0. The first-order valence-corrected chi connectivity index (χ1v) is 7.17. The van der Waals surface area contributed by atoms with Crippen molar-refractivity contribution in [3.63, 3.8) is 0 Å². The molecule has 3 rings (SSSR count). The normalized spacial score (nSPS) is 13.2. The molecule has 2 amide bonds. The van der Waals surface area contributed by atoms with Gasteiger partial charge < -0.3 is 0 Å². The van der Waals surface area contributed by atoms with Crippen LogP contribution in [0.5, 0.6) is 0 Å². The summed E-state index contributed by atoms with van der Waals surface area (Å²) in [6.07, 6.45) is 0. The van der Waals surface area contributed by atoms with Crippen LogP contribution in [0.3, 0.4) is 0 Å². The summed E-state index contributed by atoms with van der Waals surface area (Å²) in [6.45, 7) is 0. The summed E-state index contributed by atoms with van der Waals surface area (Å²) in [6, 6.07) is 9.94. The third kappa shape index (κ3) is 2.65. The predicted molar refractivity (Wildman–Crippen MR) is 84.4 cm³/mol. The van der Waals surface area contributed by atoms with E-state index in [0.29, 0.717) is 11.1 Å². The van der Waals surface area contributed by atoms with Crippen LogP contribution in [-0.4, -0.2) is 22.3 Å². The molecule has 7 heteroatoms. The Morgan fingerprint density at radius 3 is 1.70 bits per heavy atom. The monoisotopic (exact) mass is 347 g/mol. The number of fused-ring (bicyclic) bond motifs is 2. The molecule has 0 fully saturated rings. The Hall–Kier alpha value is -2.50. The SMILES string of the molecule is O=C(Cl)c1cc(C(=O)Cl)cc(N2C(=O)c3cccc(c3)C2=O)c1. The minimum Gasteiger partial charge on any atom is -0.276 e. The van der Waals surface area contributed by atoms with E-state index in [2.05, 4.69) is 0 Å². The first-order chi connectivity index (χ1) is 10.9. The topological polar surface area (TPSA) is 71.5 Å². The molecule has 5 nitrogen and oxygen atoms in total. The van der Waals surface area contributed by atoms with Crippen LogP contribution in [0.15, 0.2) is 42.5 Å². The fraction of sp³-hybridized carbons (Fsp3) is 0. The van der Waals surface area contributed by atoms with E-state index in [1.54, 1.807) is 18.2 Å². The van der Waals surface area contributed by atoms with Gasteiger partial charge in [0.05, 0.1) is 5.69 Å². The van der Waals surface area contributed by atoms with Crippen LogP contribution in [0.1, 0.15) is 41.4 Å². The van der Waals surface area contributed by atoms with Crippen LogP contribution in [-0.2, 0) is 0 Å². The fourth-order valence-corrected chi connectivity index (χ4v) is 2.56. The minimum absolute atomic E-state index is 0.0389. The lowest BCUT2D eigenvalue weighted by atomic mass is 10.0. The molecule has 0 atom stereocenters. The van der Waals surface area contributed by atoms with Gasteiger partial charge in [-0.15, -0.1) is 0 Å². The van der Waals surface area contributed by atoms with Gasteiger partial charge in [-0.1, -0.05) is 6.07 Å². The zero-order valence-corrected chi connectivity index (χ0v) is 12.9. The molecule has 114 valence electrons. The molecule has 0 aromatic heterocycles. The maximum absolute atomic E-state index is 12.4. The first-order valence-electron chi connectivity index (χ1n) is 6.42. The lowest BCUT2D eigenvalue weighted by Crippen LogP contribution is -2.40. The van der Waals surface area contributed by atoms with Crippen LogP contribution in [0, 0.1) is 0 Å².